The van der Waals surface area contributed by atoms with E-state index in [1.165, 1.54) is 0 Å². The Labute approximate surface area is 134 Å². The van der Waals surface area contributed by atoms with Crippen molar-refractivity contribution in [3.8, 4) is 11.5 Å². The molecule has 0 bridgehead atoms. The molecule has 5 heteroatoms. The fourth-order valence-corrected chi connectivity index (χ4v) is 2.90. The van der Waals surface area contributed by atoms with Crippen LogP contribution in [0.3, 0.4) is 0 Å². The Kier molecular flexibility index (Phi) is 6.83. The molecule has 1 heterocycles. The normalized spacial score (nSPS) is 10.6. The molecule has 0 N–H and O–H groups in total. The molecular weight excluding hydrogens is 306 g/mol. The molecule has 114 valence electrons. The highest BCUT2D eigenvalue weighted by atomic mass is 35.5. The molecule has 21 heavy (non-hydrogen) atoms. The zero-order chi connectivity index (χ0) is 14.9. The fourth-order valence-electron chi connectivity index (χ4n) is 1.83. The number of halogens is 1. The molecule has 0 fully saturated rings. The molecule has 2 aromatic rings. The van der Waals surface area contributed by atoms with Crippen molar-refractivity contribution in [3.05, 3.63) is 40.3 Å². The van der Waals surface area contributed by atoms with E-state index in [-0.39, 0.29) is 0 Å². The maximum Gasteiger partial charge on any atom is 0.161 e. The number of ether oxygens (including phenoxy) is 2. The summed E-state index contributed by atoms with van der Waals surface area (Å²) in [6.45, 7) is 3.45. The van der Waals surface area contributed by atoms with Crippen molar-refractivity contribution in [3.63, 3.8) is 0 Å². The number of aromatic nitrogens is 1. The van der Waals surface area contributed by atoms with Crippen LogP contribution >= 0.6 is 22.9 Å². The highest BCUT2D eigenvalue weighted by Crippen LogP contribution is 2.26. The predicted octanol–water partition coefficient (Wildman–Crippen LogP) is 4.68. The van der Waals surface area contributed by atoms with E-state index in [1.54, 1.807) is 11.3 Å². The molecule has 1 aromatic carbocycles. The summed E-state index contributed by atoms with van der Waals surface area (Å²) in [5, 5.41) is 3.13. The maximum atomic E-state index is 5.81. The number of nitrogens with zero attached hydrogens (tertiary/aromatic N) is 1. The topological polar surface area (TPSA) is 31.4 Å². The van der Waals surface area contributed by atoms with E-state index in [4.69, 9.17) is 21.1 Å². The SMILES string of the molecule is CCCOc1ccccc1OCCCc1nc(CCl)cs1. The van der Waals surface area contributed by atoms with Crippen LogP contribution < -0.4 is 9.47 Å². The van der Waals surface area contributed by atoms with Crippen molar-refractivity contribution in [2.45, 2.75) is 32.1 Å². The number of hydrogen-bond donors (Lipinski definition) is 0. The molecule has 3 nitrogen and oxygen atoms in total. The predicted molar refractivity (Wildman–Crippen MR) is 87.7 cm³/mol. The van der Waals surface area contributed by atoms with E-state index in [9.17, 15) is 0 Å². The van der Waals surface area contributed by atoms with E-state index in [0.29, 0.717) is 19.1 Å². The van der Waals surface area contributed by atoms with Crippen molar-refractivity contribution < 1.29 is 9.47 Å². The third-order valence-electron chi connectivity index (χ3n) is 2.84. The van der Waals surface area contributed by atoms with Gasteiger partial charge in [0.05, 0.1) is 29.8 Å². The van der Waals surface area contributed by atoms with Crippen molar-refractivity contribution in [1.82, 2.24) is 4.98 Å². The summed E-state index contributed by atoms with van der Waals surface area (Å²) in [6, 6.07) is 7.81. The minimum atomic E-state index is 0.481. The third-order valence-corrected chi connectivity index (χ3v) is 4.07. The van der Waals surface area contributed by atoms with Gasteiger partial charge in [-0.15, -0.1) is 22.9 Å². The molecule has 0 aliphatic carbocycles. The second-order valence-corrected chi connectivity index (χ2v) is 5.82. The lowest BCUT2D eigenvalue weighted by Gasteiger charge is -2.11. The van der Waals surface area contributed by atoms with Gasteiger partial charge in [-0.3, -0.25) is 0 Å². The van der Waals surface area contributed by atoms with E-state index in [1.807, 2.05) is 29.6 Å². The molecule has 0 spiro atoms. The zero-order valence-corrected chi connectivity index (χ0v) is 13.8. The smallest absolute Gasteiger partial charge is 0.161 e. The van der Waals surface area contributed by atoms with Gasteiger partial charge in [0.1, 0.15) is 0 Å². The molecule has 0 aliphatic heterocycles. The van der Waals surface area contributed by atoms with Crippen LogP contribution in [0, 0.1) is 0 Å². The minimum Gasteiger partial charge on any atom is -0.490 e. The van der Waals surface area contributed by atoms with Crippen molar-refractivity contribution in [1.29, 1.82) is 0 Å². The van der Waals surface area contributed by atoms with Crippen LogP contribution in [0.4, 0.5) is 0 Å². The van der Waals surface area contributed by atoms with Gasteiger partial charge in [-0.1, -0.05) is 19.1 Å². The number of benzene rings is 1. The van der Waals surface area contributed by atoms with E-state index in [0.717, 1.165) is 41.5 Å². The quantitative estimate of drug-likeness (QED) is 0.495. The van der Waals surface area contributed by atoms with Crippen LogP contribution in [-0.4, -0.2) is 18.2 Å². The molecule has 0 amide bonds. The number of alkyl halides is 1. The first-order valence-corrected chi connectivity index (χ1v) is 8.58. The second kappa shape index (κ2) is 8.90. The Morgan fingerprint density at radius 3 is 2.48 bits per heavy atom. The van der Waals surface area contributed by atoms with Gasteiger partial charge < -0.3 is 9.47 Å². The van der Waals surface area contributed by atoms with Crippen LogP contribution in [0.1, 0.15) is 30.5 Å². The first kappa shape index (κ1) is 16.1. The van der Waals surface area contributed by atoms with Gasteiger partial charge in [0.25, 0.3) is 0 Å². The van der Waals surface area contributed by atoms with Crippen LogP contribution in [0.2, 0.25) is 0 Å². The maximum absolute atomic E-state index is 5.81. The Balaban J connectivity index is 1.77. The first-order chi connectivity index (χ1) is 10.3. The molecule has 1 aromatic heterocycles. The van der Waals surface area contributed by atoms with Crippen LogP contribution in [-0.2, 0) is 12.3 Å². The molecule has 0 atom stereocenters. The largest absolute Gasteiger partial charge is 0.490 e. The van der Waals surface area contributed by atoms with Crippen LogP contribution in [0.25, 0.3) is 0 Å². The lowest BCUT2D eigenvalue weighted by molar-refractivity contribution is 0.265. The number of thiazole rings is 1. The summed E-state index contributed by atoms with van der Waals surface area (Å²) in [4.78, 5) is 4.44. The summed E-state index contributed by atoms with van der Waals surface area (Å²) in [7, 11) is 0. The van der Waals surface area contributed by atoms with Gasteiger partial charge in [-0.25, -0.2) is 4.98 Å². The lowest BCUT2D eigenvalue weighted by atomic mass is 10.3. The van der Waals surface area contributed by atoms with E-state index in [2.05, 4.69) is 11.9 Å². The van der Waals surface area contributed by atoms with Gasteiger partial charge in [-0.05, 0) is 25.0 Å². The van der Waals surface area contributed by atoms with Gasteiger partial charge in [0.15, 0.2) is 11.5 Å². The molecular formula is C16H20ClNO2S. The first-order valence-electron chi connectivity index (χ1n) is 7.17. The Bertz CT molecular complexity index is 545. The molecule has 0 saturated heterocycles. The standard InChI is InChI=1S/C16H20ClNO2S/c1-2-9-19-14-6-3-4-7-15(14)20-10-5-8-16-18-13(11-17)12-21-16/h3-4,6-7,12H,2,5,8-11H2,1H3. The Hall–Kier alpha value is -1.26. The molecule has 0 unspecified atom stereocenters. The molecule has 0 aliphatic rings. The molecule has 0 saturated carbocycles. The van der Waals surface area contributed by atoms with Gasteiger partial charge in [0, 0.05) is 11.8 Å². The lowest BCUT2D eigenvalue weighted by Crippen LogP contribution is -2.02. The van der Waals surface area contributed by atoms with Crippen molar-refractivity contribution >= 4 is 22.9 Å². The van der Waals surface area contributed by atoms with Gasteiger partial charge >= 0.3 is 0 Å². The Morgan fingerprint density at radius 2 is 1.86 bits per heavy atom. The summed E-state index contributed by atoms with van der Waals surface area (Å²) in [6.07, 6.45) is 2.83. The van der Waals surface area contributed by atoms with Crippen LogP contribution in [0.15, 0.2) is 29.6 Å². The van der Waals surface area contributed by atoms with Gasteiger partial charge in [0.2, 0.25) is 0 Å². The summed E-state index contributed by atoms with van der Waals surface area (Å²) in [5.74, 6) is 2.11. The number of rotatable bonds is 9. The number of hydrogen-bond acceptors (Lipinski definition) is 4. The van der Waals surface area contributed by atoms with E-state index >= 15 is 0 Å². The third kappa shape index (κ3) is 5.21. The average Bonchev–Trinajstić information content (AvgIpc) is 2.98. The fraction of sp³-hybridized carbons (Fsp3) is 0.438. The van der Waals surface area contributed by atoms with Crippen LogP contribution in [0.5, 0.6) is 11.5 Å². The van der Waals surface area contributed by atoms with Crippen molar-refractivity contribution in [2.24, 2.45) is 0 Å². The zero-order valence-electron chi connectivity index (χ0n) is 12.2. The van der Waals surface area contributed by atoms with E-state index < -0.39 is 0 Å². The summed E-state index contributed by atoms with van der Waals surface area (Å²) >= 11 is 7.41. The highest BCUT2D eigenvalue weighted by Gasteiger charge is 2.05. The second-order valence-electron chi connectivity index (χ2n) is 4.61. The highest BCUT2D eigenvalue weighted by molar-refractivity contribution is 7.09. The molecule has 0 radical (unpaired) electrons. The number of para-hydroxylation sites is 2. The number of aryl methyl sites for hydroxylation is 1. The van der Waals surface area contributed by atoms with Crippen molar-refractivity contribution in [2.75, 3.05) is 13.2 Å². The summed E-state index contributed by atoms with van der Waals surface area (Å²) in [5.41, 5.74) is 0.955. The molecule has 2 rings (SSSR count). The minimum absolute atomic E-state index is 0.481. The Morgan fingerprint density at radius 1 is 1.14 bits per heavy atom. The average molecular weight is 326 g/mol. The van der Waals surface area contributed by atoms with Gasteiger partial charge in [-0.2, -0.15) is 0 Å². The monoisotopic (exact) mass is 325 g/mol. The summed E-state index contributed by atoms with van der Waals surface area (Å²) < 4.78 is 11.5.